The van der Waals surface area contributed by atoms with Gasteiger partial charge in [-0.25, -0.2) is 13.1 Å². The van der Waals surface area contributed by atoms with Crippen molar-refractivity contribution in [2.24, 2.45) is 5.92 Å². The number of nitrogens with one attached hydrogen (secondary N) is 1. The van der Waals surface area contributed by atoms with E-state index in [1.165, 1.54) is 6.42 Å². The summed E-state index contributed by atoms with van der Waals surface area (Å²) in [7, 11) is -3.17. The Labute approximate surface area is 112 Å². The zero-order valence-corrected chi connectivity index (χ0v) is 12.3. The molecule has 0 aromatic rings. The minimum Gasteiger partial charge on any atom is -0.377 e. The van der Waals surface area contributed by atoms with Gasteiger partial charge in [-0.2, -0.15) is 0 Å². The zero-order chi connectivity index (χ0) is 12.3. The van der Waals surface area contributed by atoms with Crippen molar-refractivity contribution >= 4 is 26.0 Å². The predicted octanol–water partition coefficient (Wildman–Crippen LogP) is 1.65. The first-order valence-corrected chi connectivity index (χ1v) is 8.86. The average Bonchev–Trinajstić information content (AvgIpc) is 2.87. The van der Waals surface area contributed by atoms with Crippen molar-refractivity contribution in [1.82, 2.24) is 4.72 Å². The van der Waals surface area contributed by atoms with Crippen LogP contribution in [-0.2, 0) is 14.8 Å². The van der Waals surface area contributed by atoms with E-state index in [2.05, 4.69) is 20.7 Å². The lowest BCUT2D eigenvalue weighted by atomic mass is 10.1. The van der Waals surface area contributed by atoms with Gasteiger partial charge < -0.3 is 4.74 Å². The minimum atomic E-state index is -3.17. The Morgan fingerprint density at radius 1 is 1.24 bits per heavy atom. The second-order valence-electron chi connectivity index (χ2n) is 4.97. The Balaban J connectivity index is 1.76. The van der Waals surface area contributed by atoms with E-state index in [0.717, 1.165) is 25.7 Å². The highest BCUT2D eigenvalue weighted by Gasteiger charge is 2.28. The molecule has 3 atom stereocenters. The molecule has 1 aliphatic heterocycles. The summed E-state index contributed by atoms with van der Waals surface area (Å²) >= 11 is 3.60. The first-order valence-electron chi connectivity index (χ1n) is 6.30. The number of sulfonamides is 1. The molecule has 0 amide bonds. The maximum Gasteiger partial charge on any atom is 0.214 e. The highest BCUT2D eigenvalue weighted by molar-refractivity contribution is 9.09. The topological polar surface area (TPSA) is 55.4 Å². The molecule has 4 nitrogen and oxygen atoms in total. The van der Waals surface area contributed by atoms with Crippen molar-refractivity contribution in [2.45, 2.75) is 43.0 Å². The van der Waals surface area contributed by atoms with E-state index >= 15 is 0 Å². The van der Waals surface area contributed by atoms with Crippen LogP contribution in [0.25, 0.3) is 0 Å². The normalized spacial score (nSPS) is 34.3. The highest BCUT2D eigenvalue weighted by atomic mass is 79.9. The van der Waals surface area contributed by atoms with Gasteiger partial charge in [0, 0.05) is 18.0 Å². The molecule has 0 spiro atoms. The van der Waals surface area contributed by atoms with Crippen molar-refractivity contribution in [3.05, 3.63) is 0 Å². The molecular weight excluding hydrogens is 306 g/mol. The monoisotopic (exact) mass is 325 g/mol. The molecule has 1 heterocycles. The maximum absolute atomic E-state index is 11.8. The second-order valence-corrected chi connectivity index (χ2v) is 8.00. The Morgan fingerprint density at radius 2 is 2.06 bits per heavy atom. The van der Waals surface area contributed by atoms with Crippen LogP contribution in [0.2, 0.25) is 0 Å². The fourth-order valence-corrected chi connectivity index (χ4v) is 4.65. The van der Waals surface area contributed by atoms with Crippen LogP contribution < -0.4 is 4.72 Å². The summed E-state index contributed by atoms with van der Waals surface area (Å²) in [6, 6.07) is 0. The van der Waals surface area contributed by atoms with Gasteiger partial charge in [0.15, 0.2) is 0 Å². The lowest BCUT2D eigenvalue weighted by Crippen LogP contribution is -2.36. The van der Waals surface area contributed by atoms with Gasteiger partial charge in [0.1, 0.15) is 0 Å². The first kappa shape index (κ1) is 13.8. The fourth-order valence-electron chi connectivity index (χ4n) is 2.53. The summed E-state index contributed by atoms with van der Waals surface area (Å²) in [5.74, 6) is 0.557. The molecule has 2 rings (SSSR count). The molecular formula is C11H20BrNO3S. The Bertz CT molecular complexity index is 341. The molecule has 1 aliphatic carbocycles. The smallest absolute Gasteiger partial charge is 0.214 e. The third kappa shape index (κ3) is 4.19. The van der Waals surface area contributed by atoms with Gasteiger partial charge in [0.2, 0.25) is 10.0 Å². The fraction of sp³-hybridized carbons (Fsp3) is 1.00. The molecule has 0 aromatic heterocycles. The number of hydrogen-bond donors (Lipinski definition) is 1. The molecule has 17 heavy (non-hydrogen) atoms. The van der Waals surface area contributed by atoms with Gasteiger partial charge in [-0.3, -0.25) is 0 Å². The molecule has 100 valence electrons. The number of ether oxygens (including phenoxy) is 1. The second kappa shape index (κ2) is 5.99. The number of rotatable bonds is 5. The first-order chi connectivity index (χ1) is 8.07. The average molecular weight is 326 g/mol. The number of hydrogen-bond acceptors (Lipinski definition) is 3. The lowest BCUT2D eigenvalue weighted by Gasteiger charge is -2.16. The van der Waals surface area contributed by atoms with E-state index in [1.54, 1.807) is 0 Å². The van der Waals surface area contributed by atoms with Crippen LogP contribution in [0.15, 0.2) is 0 Å². The third-order valence-corrected chi connectivity index (χ3v) is 6.18. The molecule has 0 bridgehead atoms. The largest absolute Gasteiger partial charge is 0.377 e. The molecule has 2 fully saturated rings. The van der Waals surface area contributed by atoms with Crippen LogP contribution in [0.4, 0.5) is 0 Å². The van der Waals surface area contributed by atoms with Gasteiger partial charge in [-0.15, -0.1) is 0 Å². The lowest BCUT2D eigenvalue weighted by molar-refractivity contribution is 0.127. The van der Waals surface area contributed by atoms with E-state index in [1.807, 2.05) is 0 Å². The number of halogens is 1. The summed E-state index contributed by atoms with van der Waals surface area (Å²) in [5, 5.41) is 0. The van der Waals surface area contributed by atoms with E-state index in [9.17, 15) is 8.42 Å². The van der Waals surface area contributed by atoms with Crippen molar-refractivity contribution in [2.75, 3.05) is 18.9 Å². The molecule has 1 saturated heterocycles. The van der Waals surface area contributed by atoms with Crippen LogP contribution in [0.5, 0.6) is 0 Å². The molecule has 1 saturated carbocycles. The molecule has 2 aliphatic rings. The minimum absolute atomic E-state index is 0.101. The zero-order valence-electron chi connectivity index (χ0n) is 9.90. The molecule has 3 unspecified atom stereocenters. The standard InChI is InChI=1S/C11H20BrNO3S/c12-11-5-1-3-9(11)7-13-17(14,15)8-10-4-2-6-16-10/h9-11,13H,1-8H2. The summed E-state index contributed by atoms with van der Waals surface area (Å²) < 4.78 is 31.8. The maximum atomic E-state index is 11.8. The van der Waals surface area contributed by atoms with E-state index < -0.39 is 10.0 Å². The van der Waals surface area contributed by atoms with Crippen LogP contribution in [0, 0.1) is 5.92 Å². The third-order valence-electron chi connectivity index (χ3n) is 3.56. The van der Waals surface area contributed by atoms with Crippen molar-refractivity contribution in [1.29, 1.82) is 0 Å². The molecule has 1 N–H and O–H groups in total. The van der Waals surface area contributed by atoms with Crippen LogP contribution in [-0.4, -0.2) is 38.3 Å². The van der Waals surface area contributed by atoms with Crippen molar-refractivity contribution in [3.63, 3.8) is 0 Å². The molecule has 0 aromatic carbocycles. The summed E-state index contributed by atoms with van der Waals surface area (Å²) in [6.07, 6.45) is 5.19. The summed E-state index contributed by atoms with van der Waals surface area (Å²) in [5.41, 5.74) is 0. The predicted molar refractivity (Wildman–Crippen MR) is 70.8 cm³/mol. The summed E-state index contributed by atoms with van der Waals surface area (Å²) in [4.78, 5) is 0.466. The SMILES string of the molecule is O=S(=O)(CC1CCCO1)NCC1CCCC1Br. The number of alkyl halides is 1. The van der Waals surface area contributed by atoms with Crippen molar-refractivity contribution in [3.8, 4) is 0 Å². The van der Waals surface area contributed by atoms with Crippen LogP contribution in [0.3, 0.4) is 0 Å². The molecule has 6 heteroatoms. The van der Waals surface area contributed by atoms with E-state index in [0.29, 0.717) is 23.9 Å². The summed E-state index contributed by atoms with van der Waals surface area (Å²) in [6.45, 7) is 1.26. The molecule has 0 radical (unpaired) electrons. The van der Waals surface area contributed by atoms with Crippen LogP contribution in [0.1, 0.15) is 32.1 Å². The quantitative estimate of drug-likeness (QED) is 0.782. The van der Waals surface area contributed by atoms with Gasteiger partial charge in [0.25, 0.3) is 0 Å². The van der Waals surface area contributed by atoms with Gasteiger partial charge in [-0.1, -0.05) is 22.4 Å². The Kier molecular flexibility index (Phi) is 4.86. The van der Waals surface area contributed by atoms with Crippen molar-refractivity contribution < 1.29 is 13.2 Å². The highest BCUT2D eigenvalue weighted by Crippen LogP contribution is 2.31. The Morgan fingerprint density at radius 3 is 2.65 bits per heavy atom. The van der Waals surface area contributed by atoms with Gasteiger partial charge >= 0.3 is 0 Å². The van der Waals surface area contributed by atoms with Gasteiger partial charge in [0.05, 0.1) is 11.9 Å². The van der Waals surface area contributed by atoms with Gasteiger partial charge in [-0.05, 0) is 31.6 Å². The van der Waals surface area contributed by atoms with E-state index in [-0.39, 0.29) is 11.9 Å². The van der Waals surface area contributed by atoms with Crippen LogP contribution >= 0.6 is 15.9 Å². The Hall–Kier alpha value is 0.350. The van der Waals surface area contributed by atoms with E-state index in [4.69, 9.17) is 4.74 Å².